The molecule has 0 aromatic rings. The van der Waals surface area contributed by atoms with Gasteiger partial charge < -0.3 is 15.0 Å². The first-order chi connectivity index (χ1) is 7.70. The van der Waals surface area contributed by atoms with Crippen molar-refractivity contribution in [1.82, 2.24) is 10.2 Å². The lowest BCUT2D eigenvalue weighted by atomic mass is 10.1. The normalized spacial score (nSPS) is 22.1. The highest BCUT2D eigenvalue weighted by molar-refractivity contribution is 5.79. The molecule has 1 aliphatic heterocycles. The van der Waals surface area contributed by atoms with Crippen molar-refractivity contribution in [1.29, 1.82) is 0 Å². The molecular weight excluding hydrogens is 204 g/mol. The number of nitrogens with zero attached hydrogens (tertiary/aromatic N) is 1. The number of methoxy groups -OCH3 is 1. The standard InChI is InChI=1S/C12H24N2O2/c1-4-7-14(11-5-6-13-8-11)12(15)10(2)9-16-3/h10-11,13H,4-9H2,1-3H3/t10-,11-/m1/s1. The molecule has 1 aliphatic rings. The number of amides is 1. The molecule has 16 heavy (non-hydrogen) atoms. The first-order valence-corrected chi connectivity index (χ1v) is 6.20. The van der Waals surface area contributed by atoms with E-state index in [1.165, 1.54) is 0 Å². The van der Waals surface area contributed by atoms with Crippen LogP contribution in [-0.4, -0.2) is 50.2 Å². The third-order valence-electron chi connectivity index (χ3n) is 3.06. The summed E-state index contributed by atoms with van der Waals surface area (Å²) in [5, 5.41) is 3.31. The van der Waals surface area contributed by atoms with Gasteiger partial charge in [0.25, 0.3) is 0 Å². The van der Waals surface area contributed by atoms with Crippen molar-refractivity contribution in [2.75, 3.05) is 33.4 Å². The summed E-state index contributed by atoms with van der Waals surface area (Å²) in [6.07, 6.45) is 2.09. The highest BCUT2D eigenvalue weighted by atomic mass is 16.5. The molecule has 4 nitrogen and oxygen atoms in total. The fourth-order valence-electron chi connectivity index (χ4n) is 2.22. The Morgan fingerprint density at radius 1 is 1.62 bits per heavy atom. The van der Waals surface area contributed by atoms with E-state index in [0.717, 1.165) is 32.5 Å². The van der Waals surface area contributed by atoms with E-state index < -0.39 is 0 Å². The van der Waals surface area contributed by atoms with Crippen LogP contribution in [-0.2, 0) is 9.53 Å². The van der Waals surface area contributed by atoms with Crippen LogP contribution in [0.25, 0.3) is 0 Å². The van der Waals surface area contributed by atoms with Crippen LogP contribution >= 0.6 is 0 Å². The molecule has 0 aliphatic carbocycles. The second-order valence-corrected chi connectivity index (χ2v) is 4.53. The van der Waals surface area contributed by atoms with Gasteiger partial charge in [0.1, 0.15) is 0 Å². The number of ether oxygens (including phenoxy) is 1. The molecule has 4 heteroatoms. The molecule has 1 fully saturated rings. The minimum atomic E-state index is -0.0304. The maximum Gasteiger partial charge on any atom is 0.228 e. The summed E-state index contributed by atoms with van der Waals surface area (Å²) in [6.45, 7) is 7.39. The van der Waals surface area contributed by atoms with E-state index in [4.69, 9.17) is 4.74 Å². The molecule has 1 N–H and O–H groups in total. The number of hydrogen-bond donors (Lipinski definition) is 1. The van der Waals surface area contributed by atoms with Crippen LogP contribution in [0.15, 0.2) is 0 Å². The van der Waals surface area contributed by atoms with Gasteiger partial charge in [0, 0.05) is 26.2 Å². The monoisotopic (exact) mass is 228 g/mol. The van der Waals surface area contributed by atoms with Gasteiger partial charge in [0.15, 0.2) is 0 Å². The van der Waals surface area contributed by atoms with E-state index in [0.29, 0.717) is 12.6 Å². The van der Waals surface area contributed by atoms with Gasteiger partial charge in [-0.25, -0.2) is 0 Å². The van der Waals surface area contributed by atoms with Crippen molar-refractivity contribution in [2.24, 2.45) is 5.92 Å². The number of carbonyl (C=O) groups is 1. The van der Waals surface area contributed by atoms with Gasteiger partial charge >= 0.3 is 0 Å². The molecular formula is C12H24N2O2. The molecule has 0 saturated carbocycles. The summed E-state index contributed by atoms with van der Waals surface area (Å²) in [5.41, 5.74) is 0. The average Bonchev–Trinajstić information content (AvgIpc) is 2.78. The highest BCUT2D eigenvalue weighted by Gasteiger charge is 2.28. The van der Waals surface area contributed by atoms with Gasteiger partial charge in [-0.1, -0.05) is 13.8 Å². The molecule has 0 radical (unpaired) electrons. The highest BCUT2D eigenvalue weighted by Crippen LogP contribution is 2.13. The minimum Gasteiger partial charge on any atom is -0.384 e. The van der Waals surface area contributed by atoms with Crippen molar-refractivity contribution < 1.29 is 9.53 Å². The summed E-state index contributed by atoms with van der Waals surface area (Å²) < 4.78 is 5.05. The molecule has 1 saturated heterocycles. The van der Waals surface area contributed by atoms with Crippen LogP contribution < -0.4 is 5.32 Å². The summed E-state index contributed by atoms with van der Waals surface area (Å²) in [4.78, 5) is 14.3. The summed E-state index contributed by atoms with van der Waals surface area (Å²) in [5.74, 6) is 0.203. The van der Waals surface area contributed by atoms with Crippen LogP contribution in [0.2, 0.25) is 0 Å². The Balaban J connectivity index is 2.56. The number of carbonyl (C=O) groups excluding carboxylic acids is 1. The predicted octanol–water partition coefficient (Wildman–Crippen LogP) is 0.869. The topological polar surface area (TPSA) is 41.6 Å². The van der Waals surface area contributed by atoms with Gasteiger partial charge in [-0.15, -0.1) is 0 Å². The summed E-state index contributed by atoms with van der Waals surface area (Å²) in [7, 11) is 1.64. The van der Waals surface area contributed by atoms with Gasteiger partial charge in [0.2, 0.25) is 5.91 Å². The first-order valence-electron chi connectivity index (χ1n) is 6.20. The third kappa shape index (κ3) is 3.46. The largest absolute Gasteiger partial charge is 0.384 e. The van der Waals surface area contributed by atoms with E-state index in [-0.39, 0.29) is 11.8 Å². The van der Waals surface area contributed by atoms with Gasteiger partial charge in [-0.3, -0.25) is 4.79 Å². The summed E-state index contributed by atoms with van der Waals surface area (Å²) in [6, 6.07) is 0.381. The maximum absolute atomic E-state index is 12.2. The molecule has 0 aromatic heterocycles. The second kappa shape index (κ2) is 6.86. The molecule has 0 bridgehead atoms. The summed E-state index contributed by atoms with van der Waals surface area (Å²) >= 11 is 0. The van der Waals surface area contributed by atoms with Crippen molar-refractivity contribution in [2.45, 2.75) is 32.7 Å². The Bertz CT molecular complexity index is 215. The lowest BCUT2D eigenvalue weighted by Crippen LogP contribution is -2.45. The zero-order valence-corrected chi connectivity index (χ0v) is 10.7. The van der Waals surface area contributed by atoms with Crippen molar-refractivity contribution in [3.63, 3.8) is 0 Å². The van der Waals surface area contributed by atoms with Crippen LogP contribution in [0.5, 0.6) is 0 Å². The molecule has 1 amide bonds. The molecule has 1 heterocycles. The second-order valence-electron chi connectivity index (χ2n) is 4.53. The van der Waals surface area contributed by atoms with E-state index in [1.54, 1.807) is 7.11 Å². The van der Waals surface area contributed by atoms with E-state index in [2.05, 4.69) is 12.2 Å². The van der Waals surface area contributed by atoms with E-state index in [1.807, 2.05) is 11.8 Å². The lowest BCUT2D eigenvalue weighted by Gasteiger charge is -2.30. The molecule has 0 aromatic carbocycles. The van der Waals surface area contributed by atoms with Crippen LogP contribution in [0.1, 0.15) is 26.7 Å². The number of hydrogen-bond acceptors (Lipinski definition) is 3. The smallest absolute Gasteiger partial charge is 0.228 e. The molecule has 0 unspecified atom stereocenters. The quantitative estimate of drug-likeness (QED) is 0.733. The number of nitrogens with one attached hydrogen (secondary N) is 1. The molecule has 0 spiro atoms. The van der Waals surface area contributed by atoms with Crippen LogP contribution in [0, 0.1) is 5.92 Å². The number of rotatable bonds is 6. The van der Waals surface area contributed by atoms with Gasteiger partial charge in [0.05, 0.1) is 12.5 Å². The average molecular weight is 228 g/mol. The van der Waals surface area contributed by atoms with E-state index in [9.17, 15) is 4.79 Å². The lowest BCUT2D eigenvalue weighted by molar-refractivity contribution is -0.138. The maximum atomic E-state index is 12.2. The zero-order chi connectivity index (χ0) is 12.0. The Kier molecular flexibility index (Phi) is 5.77. The fourth-order valence-corrected chi connectivity index (χ4v) is 2.22. The Labute approximate surface area is 98.3 Å². The molecule has 1 rings (SSSR count). The van der Waals surface area contributed by atoms with Gasteiger partial charge in [-0.05, 0) is 19.4 Å². The van der Waals surface area contributed by atoms with Crippen molar-refractivity contribution in [3.05, 3.63) is 0 Å². The molecule has 2 atom stereocenters. The zero-order valence-electron chi connectivity index (χ0n) is 10.7. The molecule has 94 valence electrons. The van der Waals surface area contributed by atoms with E-state index >= 15 is 0 Å². The first kappa shape index (κ1) is 13.5. The fraction of sp³-hybridized carbons (Fsp3) is 0.917. The van der Waals surface area contributed by atoms with Crippen molar-refractivity contribution >= 4 is 5.91 Å². The minimum absolute atomic E-state index is 0.0304. The van der Waals surface area contributed by atoms with Gasteiger partial charge in [-0.2, -0.15) is 0 Å². The predicted molar refractivity (Wildman–Crippen MR) is 64.3 cm³/mol. The van der Waals surface area contributed by atoms with Crippen LogP contribution in [0.3, 0.4) is 0 Å². The SMILES string of the molecule is CCCN(C(=O)[C@H](C)COC)[C@@H]1CCNC1. The Morgan fingerprint density at radius 2 is 2.38 bits per heavy atom. The Morgan fingerprint density at radius 3 is 2.88 bits per heavy atom. The Hall–Kier alpha value is -0.610. The van der Waals surface area contributed by atoms with Crippen molar-refractivity contribution in [3.8, 4) is 0 Å². The third-order valence-corrected chi connectivity index (χ3v) is 3.06. The van der Waals surface area contributed by atoms with Crippen LogP contribution in [0.4, 0.5) is 0 Å².